The summed E-state index contributed by atoms with van der Waals surface area (Å²) in [5, 5.41) is 0. The van der Waals surface area contributed by atoms with E-state index in [1.165, 1.54) is 23.3 Å². The summed E-state index contributed by atoms with van der Waals surface area (Å²) in [5.41, 5.74) is 3.57. The number of hydrogen-bond donors (Lipinski definition) is 1. The number of fused-ring (bicyclic) bond motifs is 1. The van der Waals surface area contributed by atoms with E-state index in [2.05, 4.69) is 36.6 Å². The number of pyridine rings is 1. The lowest BCUT2D eigenvalue weighted by Crippen LogP contribution is -2.42. The lowest BCUT2D eigenvalue weighted by atomic mass is 9.91. The van der Waals surface area contributed by atoms with Gasteiger partial charge in [-0.1, -0.05) is 0 Å². The second-order valence-corrected chi connectivity index (χ2v) is 11.8. The van der Waals surface area contributed by atoms with E-state index in [4.69, 9.17) is 4.98 Å². The third kappa shape index (κ3) is 5.58. The van der Waals surface area contributed by atoms with Crippen molar-refractivity contribution in [1.29, 1.82) is 0 Å². The Morgan fingerprint density at radius 1 is 1.10 bits per heavy atom. The smallest absolute Gasteiger partial charge is 0.136 e. The van der Waals surface area contributed by atoms with E-state index >= 15 is 0 Å². The van der Waals surface area contributed by atoms with Crippen molar-refractivity contribution in [3.8, 4) is 0 Å². The monoisotopic (exact) mass is 548 g/mol. The molecule has 158 valence electrons. The molecule has 1 N–H and O–H groups in total. The van der Waals surface area contributed by atoms with Crippen molar-refractivity contribution in [2.75, 3.05) is 0 Å². The van der Waals surface area contributed by atoms with Crippen LogP contribution in [0.5, 0.6) is 0 Å². The van der Waals surface area contributed by atoms with E-state index in [9.17, 15) is 13.3 Å². The highest BCUT2D eigenvalue weighted by Crippen LogP contribution is 2.37. The average Bonchev–Trinajstić information content (AvgIpc) is 2.62. The molecule has 0 saturated carbocycles. The Bertz CT molecular complexity index is 885. The van der Waals surface area contributed by atoms with Crippen LogP contribution in [0.25, 0.3) is 0 Å². The van der Waals surface area contributed by atoms with Gasteiger partial charge >= 0.3 is 0 Å². The number of benzene rings is 1. The quantitative estimate of drug-likeness (QED) is 0.362. The van der Waals surface area contributed by atoms with E-state index in [-0.39, 0.29) is 6.42 Å². The molecule has 3 rings (SSSR count). The summed E-state index contributed by atoms with van der Waals surface area (Å²) in [5.74, 6) is -1.26. The first kappa shape index (κ1) is 23.1. The highest BCUT2D eigenvalue weighted by Gasteiger charge is 2.33. The molecule has 1 heterocycles. The fraction of sp³-hybridized carbons (Fsp3) is 0.476. The maximum Gasteiger partial charge on any atom is 0.136 e. The molecule has 0 spiro atoms. The Balaban J connectivity index is 2.04. The predicted molar refractivity (Wildman–Crippen MR) is 120 cm³/mol. The zero-order valence-electron chi connectivity index (χ0n) is 16.6. The zero-order chi connectivity index (χ0) is 21.3. The minimum Gasteiger partial charge on any atom is -0.598 e. The van der Waals surface area contributed by atoms with Crippen LogP contribution in [0, 0.1) is 11.6 Å². The van der Waals surface area contributed by atoms with Gasteiger partial charge in [0, 0.05) is 21.9 Å². The fourth-order valence-corrected chi connectivity index (χ4v) is 5.69. The summed E-state index contributed by atoms with van der Waals surface area (Å²) in [7, 11) is 0. The van der Waals surface area contributed by atoms with Crippen LogP contribution >= 0.6 is 31.9 Å². The van der Waals surface area contributed by atoms with Gasteiger partial charge < -0.3 is 4.55 Å². The van der Waals surface area contributed by atoms with Gasteiger partial charge in [0.05, 0.1) is 11.7 Å². The summed E-state index contributed by atoms with van der Waals surface area (Å²) in [6.07, 6.45) is 4.38. The van der Waals surface area contributed by atoms with E-state index in [1.807, 2.05) is 20.8 Å². The van der Waals surface area contributed by atoms with Crippen molar-refractivity contribution in [1.82, 2.24) is 9.71 Å². The van der Waals surface area contributed by atoms with Gasteiger partial charge in [0.2, 0.25) is 0 Å². The van der Waals surface area contributed by atoms with E-state index in [1.54, 1.807) is 0 Å². The molecule has 1 aliphatic carbocycles. The van der Waals surface area contributed by atoms with E-state index in [0.29, 0.717) is 11.3 Å². The molecule has 2 aromatic rings. The van der Waals surface area contributed by atoms with Gasteiger partial charge in [-0.3, -0.25) is 0 Å². The third-order valence-electron chi connectivity index (χ3n) is 4.92. The van der Waals surface area contributed by atoms with Crippen LogP contribution in [0.15, 0.2) is 27.3 Å². The van der Waals surface area contributed by atoms with Crippen LogP contribution in [0.2, 0.25) is 0 Å². The Morgan fingerprint density at radius 2 is 1.69 bits per heavy atom. The Labute approximate surface area is 190 Å². The normalized spacial score (nSPS) is 16.4. The lowest BCUT2D eigenvalue weighted by Gasteiger charge is -2.29. The molecule has 8 heteroatoms. The summed E-state index contributed by atoms with van der Waals surface area (Å²) >= 11 is 5.93. The molecular formula is C21H24Br2F2N2OS. The predicted octanol–water partition coefficient (Wildman–Crippen LogP) is 6.10. The van der Waals surface area contributed by atoms with Crippen LogP contribution in [-0.4, -0.2) is 14.3 Å². The fourth-order valence-electron chi connectivity index (χ4n) is 3.45. The summed E-state index contributed by atoms with van der Waals surface area (Å²) in [4.78, 5) is 4.75. The van der Waals surface area contributed by atoms with E-state index < -0.39 is 33.8 Å². The van der Waals surface area contributed by atoms with Crippen LogP contribution in [-0.2, 0) is 30.6 Å². The van der Waals surface area contributed by atoms with Crippen molar-refractivity contribution in [2.45, 2.75) is 63.7 Å². The maximum atomic E-state index is 13.7. The maximum absolute atomic E-state index is 13.7. The Hall–Kier alpha value is -0.540. The molecule has 0 bridgehead atoms. The highest BCUT2D eigenvalue weighted by molar-refractivity contribution is 9.11. The van der Waals surface area contributed by atoms with Gasteiger partial charge in [0.15, 0.2) is 0 Å². The molecule has 0 aliphatic heterocycles. The number of halogens is 4. The molecular weight excluding hydrogens is 526 g/mol. The first-order valence-electron chi connectivity index (χ1n) is 9.56. The lowest BCUT2D eigenvalue weighted by molar-refractivity contribution is 0.515. The van der Waals surface area contributed by atoms with Crippen LogP contribution < -0.4 is 4.72 Å². The number of hydrogen-bond acceptors (Lipinski definition) is 3. The van der Waals surface area contributed by atoms with Crippen molar-refractivity contribution >= 4 is 43.2 Å². The molecule has 3 nitrogen and oxygen atoms in total. The standard InChI is InChI=1S/C21H24Br2F2N2OS/c1-21(2,3)29(28)27-17(10-12-8-13(24)11-14(25)9-12)19-18(22)15-6-4-5-7-16(15)20(23)26-19/h8-9,11,17,27H,4-7,10H2,1-3H3. The molecule has 1 aromatic carbocycles. The molecule has 2 atom stereocenters. The van der Waals surface area contributed by atoms with E-state index in [0.717, 1.165) is 40.8 Å². The van der Waals surface area contributed by atoms with Crippen LogP contribution in [0.3, 0.4) is 0 Å². The Kier molecular flexibility index (Phi) is 7.42. The largest absolute Gasteiger partial charge is 0.598 e. The van der Waals surface area contributed by atoms with Gasteiger partial charge in [-0.15, -0.1) is 4.72 Å². The van der Waals surface area contributed by atoms with Gasteiger partial charge in [-0.2, -0.15) is 0 Å². The molecule has 0 radical (unpaired) electrons. The number of rotatable bonds is 5. The molecule has 29 heavy (non-hydrogen) atoms. The van der Waals surface area contributed by atoms with Crippen LogP contribution in [0.1, 0.15) is 62.0 Å². The molecule has 0 saturated heterocycles. The molecule has 2 unspecified atom stereocenters. The summed E-state index contributed by atoms with van der Waals surface area (Å²) in [6, 6.07) is 2.98. The van der Waals surface area contributed by atoms with Gasteiger partial charge in [0.25, 0.3) is 0 Å². The summed E-state index contributed by atoms with van der Waals surface area (Å²) < 4.78 is 44.7. The number of aromatic nitrogens is 1. The van der Waals surface area contributed by atoms with Gasteiger partial charge in [0.1, 0.15) is 21.0 Å². The van der Waals surface area contributed by atoms with Crippen LogP contribution in [0.4, 0.5) is 8.78 Å². The summed E-state index contributed by atoms with van der Waals surface area (Å²) in [6.45, 7) is 5.63. The Morgan fingerprint density at radius 3 is 2.28 bits per heavy atom. The van der Waals surface area contributed by atoms with Gasteiger partial charge in [-0.25, -0.2) is 13.8 Å². The average molecular weight is 550 g/mol. The SMILES string of the molecule is CC(C)(C)[S+]([O-])NC(Cc1cc(F)cc(F)c1)c1nc(Br)c2c(c1Br)CCCC2. The second kappa shape index (κ2) is 9.30. The molecule has 0 fully saturated rings. The zero-order valence-corrected chi connectivity index (χ0v) is 20.6. The van der Waals surface area contributed by atoms with Crippen molar-refractivity contribution in [3.63, 3.8) is 0 Å². The van der Waals surface area contributed by atoms with Gasteiger partial charge in [-0.05, 0) is 114 Å². The first-order chi connectivity index (χ1) is 13.6. The minimum atomic E-state index is -1.38. The van der Waals surface area contributed by atoms with Crippen molar-refractivity contribution in [3.05, 3.63) is 61.3 Å². The molecule has 0 amide bonds. The molecule has 1 aromatic heterocycles. The highest BCUT2D eigenvalue weighted by atomic mass is 79.9. The molecule has 1 aliphatic rings. The minimum absolute atomic E-state index is 0.257. The topological polar surface area (TPSA) is 48.0 Å². The first-order valence-corrected chi connectivity index (χ1v) is 12.3. The second-order valence-electron chi connectivity index (χ2n) is 8.30. The van der Waals surface area contributed by atoms with Crippen molar-refractivity contribution in [2.24, 2.45) is 0 Å². The third-order valence-corrected chi connectivity index (χ3v) is 8.07. The number of nitrogens with zero attached hydrogens (tertiary/aromatic N) is 1. The number of nitrogens with one attached hydrogen (secondary N) is 1. The van der Waals surface area contributed by atoms with Crippen molar-refractivity contribution < 1.29 is 13.3 Å².